The Morgan fingerprint density at radius 2 is 2.14 bits per heavy atom. The third-order valence-corrected chi connectivity index (χ3v) is 3.00. The van der Waals surface area contributed by atoms with E-state index >= 15 is 0 Å². The SMILES string of the molecule is CN(C)c1nccc(CNC(=O)Nc2ccc(F)c(Cl)c2)n1. The van der Waals surface area contributed by atoms with Crippen LogP contribution in [0.5, 0.6) is 0 Å². The average molecular weight is 324 g/mol. The molecule has 0 saturated carbocycles. The third kappa shape index (κ3) is 4.29. The summed E-state index contributed by atoms with van der Waals surface area (Å²) < 4.78 is 13.0. The molecule has 0 aliphatic heterocycles. The zero-order chi connectivity index (χ0) is 16.1. The van der Waals surface area contributed by atoms with Gasteiger partial charge in [0.15, 0.2) is 0 Å². The molecule has 1 aromatic heterocycles. The quantitative estimate of drug-likeness (QED) is 0.907. The number of rotatable bonds is 4. The van der Waals surface area contributed by atoms with Gasteiger partial charge in [-0.3, -0.25) is 0 Å². The molecule has 0 atom stereocenters. The van der Waals surface area contributed by atoms with Crippen LogP contribution in [0.15, 0.2) is 30.5 Å². The summed E-state index contributed by atoms with van der Waals surface area (Å²) in [4.78, 5) is 21.9. The van der Waals surface area contributed by atoms with Gasteiger partial charge in [0.2, 0.25) is 5.95 Å². The molecular weight excluding hydrogens is 309 g/mol. The summed E-state index contributed by atoms with van der Waals surface area (Å²) in [6.45, 7) is 0.240. The maximum absolute atomic E-state index is 13.0. The van der Waals surface area contributed by atoms with Crippen LogP contribution in [-0.4, -0.2) is 30.1 Å². The van der Waals surface area contributed by atoms with Crippen LogP contribution in [0, 0.1) is 5.82 Å². The summed E-state index contributed by atoms with van der Waals surface area (Å²) in [6.07, 6.45) is 1.62. The Hall–Kier alpha value is -2.41. The van der Waals surface area contributed by atoms with E-state index in [1.54, 1.807) is 17.2 Å². The Kier molecular flexibility index (Phi) is 5.11. The van der Waals surface area contributed by atoms with E-state index in [1.165, 1.54) is 18.2 Å². The van der Waals surface area contributed by atoms with E-state index in [1.807, 2.05) is 14.1 Å². The zero-order valence-corrected chi connectivity index (χ0v) is 12.9. The van der Waals surface area contributed by atoms with E-state index in [9.17, 15) is 9.18 Å². The van der Waals surface area contributed by atoms with Crippen LogP contribution in [0.3, 0.4) is 0 Å². The van der Waals surface area contributed by atoms with Crippen molar-refractivity contribution in [2.45, 2.75) is 6.54 Å². The summed E-state index contributed by atoms with van der Waals surface area (Å²) in [6, 6.07) is 5.22. The number of carbonyl (C=O) groups is 1. The van der Waals surface area contributed by atoms with E-state index in [-0.39, 0.29) is 11.6 Å². The molecule has 0 spiro atoms. The number of carbonyl (C=O) groups excluding carboxylic acids is 1. The van der Waals surface area contributed by atoms with Crippen LogP contribution < -0.4 is 15.5 Å². The summed E-state index contributed by atoms with van der Waals surface area (Å²) in [5, 5.41) is 5.16. The van der Waals surface area contributed by atoms with Gasteiger partial charge in [0, 0.05) is 26.0 Å². The van der Waals surface area contributed by atoms with E-state index in [0.29, 0.717) is 17.3 Å². The first kappa shape index (κ1) is 16.0. The molecule has 0 aliphatic carbocycles. The molecular formula is C14H15ClFN5O. The van der Waals surface area contributed by atoms with Gasteiger partial charge in [0.1, 0.15) is 5.82 Å². The molecule has 2 aromatic rings. The highest BCUT2D eigenvalue weighted by atomic mass is 35.5. The number of aromatic nitrogens is 2. The Morgan fingerprint density at radius 3 is 2.82 bits per heavy atom. The summed E-state index contributed by atoms with van der Waals surface area (Å²) in [7, 11) is 3.66. The summed E-state index contributed by atoms with van der Waals surface area (Å²) in [5.41, 5.74) is 1.08. The number of nitrogens with one attached hydrogen (secondary N) is 2. The van der Waals surface area contributed by atoms with Crippen molar-refractivity contribution in [3.63, 3.8) is 0 Å². The largest absolute Gasteiger partial charge is 0.347 e. The first-order chi connectivity index (χ1) is 10.5. The number of benzene rings is 1. The summed E-state index contributed by atoms with van der Waals surface area (Å²) in [5.74, 6) is 0.0230. The fraction of sp³-hybridized carbons (Fsp3) is 0.214. The molecule has 6 nitrogen and oxygen atoms in total. The standard InChI is InChI=1S/C14H15ClFN5O/c1-21(2)13-17-6-5-10(19-13)8-18-14(22)20-9-3-4-12(16)11(15)7-9/h3-7H,8H2,1-2H3,(H2,18,20,22). The normalized spacial score (nSPS) is 10.2. The summed E-state index contributed by atoms with van der Waals surface area (Å²) >= 11 is 5.65. The van der Waals surface area contributed by atoms with Crippen LogP contribution in [0.1, 0.15) is 5.69 Å². The molecule has 2 amide bonds. The van der Waals surface area contributed by atoms with Gasteiger partial charge in [0.25, 0.3) is 0 Å². The lowest BCUT2D eigenvalue weighted by atomic mass is 10.3. The molecule has 116 valence electrons. The Bertz CT molecular complexity index is 680. The molecule has 0 bridgehead atoms. The molecule has 1 heterocycles. The highest BCUT2D eigenvalue weighted by Crippen LogP contribution is 2.19. The van der Waals surface area contributed by atoms with Gasteiger partial charge in [0.05, 0.1) is 17.3 Å². The van der Waals surface area contributed by atoms with Crippen molar-refractivity contribution in [1.82, 2.24) is 15.3 Å². The molecule has 1 aromatic carbocycles. The van der Waals surface area contributed by atoms with Crippen molar-refractivity contribution in [2.75, 3.05) is 24.3 Å². The minimum Gasteiger partial charge on any atom is -0.347 e. The minimum absolute atomic E-state index is 0.0516. The molecule has 0 saturated heterocycles. The molecule has 0 radical (unpaired) electrons. The van der Waals surface area contributed by atoms with E-state index in [4.69, 9.17) is 11.6 Å². The predicted molar refractivity (Wildman–Crippen MR) is 83.6 cm³/mol. The van der Waals surface area contributed by atoms with E-state index < -0.39 is 11.8 Å². The number of amides is 2. The smallest absolute Gasteiger partial charge is 0.319 e. The lowest BCUT2D eigenvalue weighted by Crippen LogP contribution is -2.28. The van der Waals surface area contributed by atoms with Gasteiger partial charge in [-0.05, 0) is 24.3 Å². The van der Waals surface area contributed by atoms with Crippen LogP contribution in [0.25, 0.3) is 0 Å². The maximum atomic E-state index is 13.0. The van der Waals surface area contributed by atoms with E-state index in [2.05, 4.69) is 20.6 Å². The molecule has 0 fully saturated rings. The number of hydrogen-bond donors (Lipinski definition) is 2. The number of halogens is 2. The fourth-order valence-corrected chi connectivity index (χ4v) is 1.80. The highest BCUT2D eigenvalue weighted by Gasteiger charge is 2.06. The van der Waals surface area contributed by atoms with Gasteiger partial charge in [-0.1, -0.05) is 11.6 Å². The Morgan fingerprint density at radius 1 is 1.36 bits per heavy atom. The van der Waals surface area contributed by atoms with Crippen LogP contribution in [-0.2, 0) is 6.54 Å². The first-order valence-electron chi connectivity index (χ1n) is 6.45. The number of urea groups is 1. The fourth-order valence-electron chi connectivity index (χ4n) is 1.62. The van der Waals surface area contributed by atoms with Crippen molar-refractivity contribution in [1.29, 1.82) is 0 Å². The lowest BCUT2D eigenvalue weighted by Gasteiger charge is -2.11. The number of nitrogens with zero attached hydrogens (tertiary/aromatic N) is 3. The van der Waals surface area contributed by atoms with Crippen molar-refractivity contribution >= 4 is 29.3 Å². The third-order valence-electron chi connectivity index (χ3n) is 2.71. The molecule has 2 rings (SSSR count). The highest BCUT2D eigenvalue weighted by molar-refractivity contribution is 6.31. The Labute approximate surface area is 132 Å². The van der Waals surface area contributed by atoms with Crippen molar-refractivity contribution in [3.05, 3.63) is 47.0 Å². The molecule has 0 aliphatic rings. The van der Waals surface area contributed by atoms with Gasteiger partial charge >= 0.3 is 6.03 Å². The van der Waals surface area contributed by atoms with Gasteiger partial charge in [-0.15, -0.1) is 0 Å². The Balaban J connectivity index is 1.92. The number of hydrogen-bond acceptors (Lipinski definition) is 4. The van der Waals surface area contributed by atoms with Crippen LogP contribution in [0.4, 0.5) is 20.8 Å². The first-order valence-corrected chi connectivity index (χ1v) is 6.82. The minimum atomic E-state index is -0.537. The molecule has 2 N–H and O–H groups in total. The second kappa shape index (κ2) is 7.04. The van der Waals surface area contributed by atoms with Crippen LogP contribution in [0.2, 0.25) is 5.02 Å². The molecule has 22 heavy (non-hydrogen) atoms. The van der Waals surface area contributed by atoms with Gasteiger partial charge in [-0.25, -0.2) is 19.2 Å². The lowest BCUT2D eigenvalue weighted by molar-refractivity contribution is 0.251. The van der Waals surface area contributed by atoms with Gasteiger partial charge in [-0.2, -0.15) is 0 Å². The average Bonchev–Trinajstić information content (AvgIpc) is 2.49. The van der Waals surface area contributed by atoms with Crippen molar-refractivity contribution in [3.8, 4) is 0 Å². The van der Waals surface area contributed by atoms with Crippen molar-refractivity contribution < 1.29 is 9.18 Å². The number of anilines is 2. The topological polar surface area (TPSA) is 70.2 Å². The maximum Gasteiger partial charge on any atom is 0.319 e. The van der Waals surface area contributed by atoms with Crippen molar-refractivity contribution in [2.24, 2.45) is 0 Å². The zero-order valence-electron chi connectivity index (χ0n) is 12.1. The monoisotopic (exact) mass is 323 g/mol. The predicted octanol–water partition coefficient (Wildman–Crippen LogP) is 2.66. The van der Waals surface area contributed by atoms with Crippen LogP contribution >= 0.6 is 11.6 Å². The second-order valence-corrected chi connectivity index (χ2v) is 5.09. The van der Waals surface area contributed by atoms with Gasteiger partial charge < -0.3 is 15.5 Å². The molecule has 0 unspecified atom stereocenters. The second-order valence-electron chi connectivity index (χ2n) is 4.68. The molecule has 8 heteroatoms. The van der Waals surface area contributed by atoms with E-state index in [0.717, 1.165) is 0 Å².